The first kappa shape index (κ1) is 12.5. The Bertz CT molecular complexity index is 1180. The summed E-state index contributed by atoms with van der Waals surface area (Å²) in [5.41, 5.74) is 1.94. The van der Waals surface area contributed by atoms with Crippen LogP contribution in [-0.4, -0.2) is 0 Å². The van der Waals surface area contributed by atoms with E-state index in [4.69, 9.17) is 4.42 Å². The second kappa shape index (κ2) is 4.46. The van der Waals surface area contributed by atoms with Crippen LogP contribution in [0.5, 0.6) is 0 Å². The highest BCUT2D eigenvalue weighted by molar-refractivity contribution is 14.1. The van der Waals surface area contributed by atoms with Gasteiger partial charge in [-0.05, 0) is 63.0 Å². The molecule has 5 aromatic rings. The Morgan fingerprint density at radius 1 is 0.636 bits per heavy atom. The minimum atomic E-state index is 0.953. The van der Waals surface area contributed by atoms with E-state index in [0.29, 0.717) is 0 Å². The van der Waals surface area contributed by atoms with Gasteiger partial charge < -0.3 is 4.42 Å². The van der Waals surface area contributed by atoms with E-state index in [9.17, 15) is 0 Å². The van der Waals surface area contributed by atoms with Crippen molar-refractivity contribution < 1.29 is 4.42 Å². The van der Waals surface area contributed by atoms with Gasteiger partial charge in [-0.1, -0.05) is 42.5 Å². The van der Waals surface area contributed by atoms with E-state index in [1.165, 1.54) is 35.9 Å². The molecule has 0 spiro atoms. The molecule has 4 aromatic carbocycles. The summed E-state index contributed by atoms with van der Waals surface area (Å²) < 4.78 is 7.45. The molecular formula is C20H11IO. The molecule has 5 rings (SSSR count). The van der Waals surface area contributed by atoms with E-state index in [-0.39, 0.29) is 0 Å². The second-order valence-electron chi connectivity index (χ2n) is 5.54. The average molecular weight is 394 g/mol. The largest absolute Gasteiger partial charge is 0.455 e. The van der Waals surface area contributed by atoms with E-state index in [0.717, 1.165) is 11.2 Å². The maximum atomic E-state index is 6.21. The quantitative estimate of drug-likeness (QED) is 0.216. The zero-order valence-electron chi connectivity index (χ0n) is 11.6. The molecule has 0 unspecified atom stereocenters. The topological polar surface area (TPSA) is 13.1 Å². The first-order chi connectivity index (χ1) is 10.8. The van der Waals surface area contributed by atoms with Gasteiger partial charge in [0.2, 0.25) is 0 Å². The summed E-state index contributed by atoms with van der Waals surface area (Å²) in [6.07, 6.45) is 0. The molecule has 0 amide bonds. The minimum absolute atomic E-state index is 0.953. The summed E-state index contributed by atoms with van der Waals surface area (Å²) >= 11 is 2.37. The van der Waals surface area contributed by atoms with Crippen molar-refractivity contribution >= 4 is 66.1 Å². The van der Waals surface area contributed by atoms with Gasteiger partial charge in [-0.25, -0.2) is 0 Å². The molecule has 0 aliphatic rings. The molecule has 0 fully saturated rings. The van der Waals surface area contributed by atoms with Crippen LogP contribution in [0.3, 0.4) is 0 Å². The van der Waals surface area contributed by atoms with Gasteiger partial charge in [0, 0.05) is 19.7 Å². The summed E-state index contributed by atoms with van der Waals surface area (Å²) in [5.74, 6) is 0. The molecule has 0 aliphatic heterocycles. The number of hydrogen-bond donors (Lipinski definition) is 0. The van der Waals surface area contributed by atoms with Crippen molar-refractivity contribution in [3.05, 3.63) is 70.3 Å². The number of fused-ring (bicyclic) bond motifs is 8. The van der Waals surface area contributed by atoms with Gasteiger partial charge in [0.05, 0.1) is 0 Å². The molecule has 0 saturated heterocycles. The lowest BCUT2D eigenvalue weighted by molar-refractivity contribution is 0.673. The van der Waals surface area contributed by atoms with Gasteiger partial charge in [-0.15, -0.1) is 0 Å². The SMILES string of the molecule is Ic1ccc2c(c1)c1ccccc1c1c3ccccc3oc21. The van der Waals surface area contributed by atoms with E-state index >= 15 is 0 Å². The summed E-state index contributed by atoms with van der Waals surface area (Å²) in [5, 5.41) is 7.40. The van der Waals surface area contributed by atoms with E-state index in [2.05, 4.69) is 77.2 Å². The number of halogens is 1. The molecular weight excluding hydrogens is 383 g/mol. The summed E-state index contributed by atoms with van der Waals surface area (Å²) in [6.45, 7) is 0. The number of hydrogen-bond acceptors (Lipinski definition) is 1. The van der Waals surface area contributed by atoms with Crippen molar-refractivity contribution in [1.29, 1.82) is 0 Å². The first-order valence-corrected chi connectivity index (χ1v) is 8.32. The fourth-order valence-corrected chi connectivity index (χ4v) is 3.87. The van der Waals surface area contributed by atoms with E-state index in [1.807, 2.05) is 12.1 Å². The molecule has 0 atom stereocenters. The van der Waals surface area contributed by atoms with E-state index in [1.54, 1.807) is 0 Å². The minimum Gasteiger partial charge on any atom is -0.455 e. The van der Waals surface area contributed by atoms with Crippen LogP contribution in [0.4, 0.5) is 0 Å². The lowest BCUT2D eigenvalue weighted by Gasteiger charge is -2.06. The smallest absolute Gasteiger partial charge is 0.143 e. The molecule has 1 aromatic heterocycles. The van der Waals surface area contributed by atoms with Gasteiger partial charge in [0.1, 0.15) is 11.2 Å². The summed E-state index contributed by atoms with van der Waals surface area (Å²) in [6, 6.07) is 23.5. The standard InChI is InChI=1S/C20H11IO/c21-12-9-10-15-17(11-12)13-5-1-2-6-14(13)19-16-7-3-4-8-18(16)22-20(15)19/h1-11H. The fourth-order valence-electron chi connectivity index (χ4n) is 3.38. The Labute approximate surface area is 140 Å². The van der Waals surface area contributed by atoms with Crippen LogP contribution < -0.4 is 0 Å². The monoisotopic (exact) mass is 394 g/mol. The maximum Gasteiger partial charge on any atom is 0.143 e. The Morgan fingerprint density at radius 2 is 1.36 bits per heavy atom. The van der Waals surface area contributed by atoms with Crippen LogP contribution in [-0.2, 0) is 0 Å². The predicted octanol–water partition coefficient (Wildman–Crippen LogP) is 6.50. The average Bonchev–Trinajstić information content (AvgIpc) is 2.94. The molecule has 0 N–H and O–H groups in total. The van der Waals surface area contributed by atoms with Crippen molar-refractivity contribution in [3.8, 4) is 0 Å². The lowest BCUT2D eigenvalue weighted by Crippen LogP contribution is -1.81. The number of rotatable bonds is 0. The fraction of sp³-hybridized carbons (Fsp3) is 0. The normalized spacial score (nSPS) is 11.9. The molecule has 1 heterocycles. The Morgan fingerprint density at radius 3 is 2.23 bits per heavy atom. The molecule has 0 saturated carbocycles. The van der Waals surface area contributed by atoms with Crippen molar-refractivity contribution in [1.82, 2.24) is 0 Å². The third-order valence-corrected chi connectivity index (χ3v) is 4.98. The number of para-hydroxylation sites is 1. The van der Waals surface area contributed by atoms with Crippen molar-refractivity contribution in [2.24, 2.45) is 0 Å². The van der Waals surface area contributed by atoms with Gasteiger partial charge in [0.15, 0.2) is 0 Å². The second-order valence-corrected chi connectivity index (χ2v) is 6.78. The third-order valence-electron chi connectivity index (χ3n) is 4.31. The van der Waals surface area contributed by atoms with Gasteiger partial charge in [0.25, 0.3) is 0 Å². The van der Waals surface area contributed by atoms with Crippen LogP contribution in [0.15, 0.2) is 71.1 Å². The molecule has 0 bridgehead atoms. The first-order valence-electron chi connectivity index (χ1n) is 7.24. The molecule has 1 nitrogen and oxygen atoms in total. The van der Waals surface area contributed by atoms with Gasteiger partial charge >= 0.3 is 0 Å². The Hall–Kier alpha value is -2.07. The van der Waals surface area contributed by atoms with E-state index < -0.39 is 0 Å². The number of furan rings is 1. The molecule has 0 radical (unpaired) electrons. The lowest BCUT2D eigenvalue weighted by atomic mass is 9.97. The zero-order chi connectivity index (χ0) is 14.7. The van der Waals surface area contributed by atoms with Crippen LogP contribution in [0.2, 0.25) is 0 Å². The molecule has 22 heavy (non-hydrogen) atoms. The summed E-state index contributed by atoms with van der Waals surface area (Å²) in [4.78, 5) is 0. The highest BCUT2D eigenvalue weighted by atomic mass is 127. The van der Waals surface area contributed by atoms with Crippen LogP contribution >= 0.6 is 22.6 Å². The summed E-state index contributed by atoms with van der Waals surface area (Å²) in [7, 11) is 0. The van der Waals surface area contributed by atoms with Crippen LogP contribution in [0, 0.1) is 3.57 Å². The van der Waals surface area contributed by atoms with Crippen LogP contribution in [0.25, 0.3) is 43.5 Å². The van der Waals surface area contributed by atoms with Gasteiger partial charge in [-0.3, -0.25) is 0 Å². The third kappa shape index (κ3) is 1.59. The zero-order valence-corrected chi connectivity index (χ0v) is 13.8. The van der Waals surface area contributed by atoms with Gasteiger partial charge in [-0.2, -0.15) is 0 Å². The maximum absolute atomic E-state index is 6.21. The molecule has 104 valence electrons. The highest BCUT2D eigenvalue weighted by Crippen LogP contribution is 2.40. The predicted molar refractivity (Wildman–Crippen MR) is 101 cm³/mol. The van der Waals surface area contributed by atoms with Crippen LogP contribution in [0.1, 0.15) is 0 Å². The molecule has 0 aliphatic carbocycles. The van der Waals surface area contributed by atoms with Crippen molar-refractivity contribution in [3.63, 3.8) is 0 Å². The Balaban J connectivity index is 2.22. The number of benzene rings is 4. The highest BCUT2D eigenvalue weighted by Gasteiger charge is 2.15. The van der Waals surface area contributed by atoms with Crippen molar-refractivity contribution in [2.45, 2.75) is 0 Å². The van der Waals surface area contributed by atoms with Crippen molar-refractivity contribution in [2.75, 3.05) is 0 Å². The Kier molecular flexibility index (Phi) is 2.53. The molecule has 2 heteroatoms.